The number of aliphatic hydroxyl groups is 4. The molecule has 2 saturated heterocycles. The maximum atomic E-state index is 13.9. The molecule has 5 fully saturated rings. The Bertz CT molecular complexity index is 1250. The van der Waals surface area contributed by atoms with E-state index < -0.39 is 46.6 Å². The molecule has 5 aliphatic carbocycles. The van der Waals surface area contributed by atoms with Gasteiger partial charge in [0.05, 0.1) is 23.4 Å². The quantitative estimate of drug-likeness (QED) is 0.203. The third kappa shape index (κ3) is 4.51. The van der Waals surface area contributed by atoms with Gasteiger partial charge < -0.3 is 34.6 Å². The fraction of sp³-hybridized carbons (Fsp3) is 0.861. The van der Waals surface area contributed by atoms with Crippen LogP contribution in [0.1, 0.15) is 79.1 Å². The van der Waals surface area contributed by atoms with Gasteiger partial charge in [0, 0.05) is 44.1 Å². The van der Waals surface area contributed by atoms with Gasteiger partial charge in [-0.05, 0) is 105 Å². The molecule has 8 aliphatic rings. The van der Waals surface area contributed by atoms with E-state index in [1.54, 1.807) is 26.2 Å². The summed E-state index contributed by atoms with van der Waals surface area (Å²) in [7, 11) is 1.69. The van der Waals surface area contributed by atoms with Crippen molar-refractivity contribution in [1.29, 1.82) is 0 Å². The van der Waals surface area contributed by atoms with Crippen molar-refractivity contribution in [3.63, 3.8) is 0 Å². The molecule has 252 valence electrons. The van der Waals surface area contributed by atoms with Gasteiger partial charge in [0.1, 0.15) is 12.2 Å². The minimum absolute atomic E-state index is 0.0428. The standard InChI is InChI=1S/C36H55NO8/c1-20-28-21-7-14-36(42,37-19-21)31(28)45-29(20)30(39)34(4,40)27-10-13-35(41)24-18-26(38)25-17-22(44-16-6-15-43-5)8-11-32(25,2)23(24)9-12-33(27,35)3/h7,14,18,20-23,25,27-31,37,39-42H,6,8-13,15-17,19H2,1-5H3. The number of allylic oxidation sites excluding steroid dienone is 1. The van der Waals surface area contributed by atoms with Crippen LogP contribution < -0.4 is 5.32 Å². The molecule has 0 radical (unpaired) electrons. The van der Waals surface area contributed by atoms with E-state index in [1.165, 1.54) is 0 Å². The number of fused-ring (bicyclic) bond motifs is 6. The Kier molecular flexibility index (Phi) is 7.86. The Morgan fingerprint density at radius 2 is 1.91 bits per heavy atom. The summed E-state index contributed by atoms with van der Waals surface area (Å²) < 4.78 is 17.7. The van der Waals surface area contributed by atoms with Gasteiger partial charge in [-0.3, -0.25) is 10.1 Å². The second-order valence-corrected chi connectivity index (χ2v) is 16.5. The minimum atomic E-state index is -1.55. The third-order valence-corrected chi connectivity index (χ3v) is 14.4. The van der Waals surface area contributed by atoms with Crippen molar-refractivity contribution in [3.8, 4) is 0 Å². The average Bonchev–Trinajstić information content (AvgIpc) is 3.51. The third-order valence-electron chi connectivity index (χ3n) is 14.4. The number of rotatable bonds is 8. The largest absolute Gasteiger partial charge is 0.387 e. The van der Waals surface area contributed by atoms with Crippen molar-refractivity contribution < 1.29 is 39.4 Å². The molecule has 0 spiro atoms. The van der Waals surface area contributed by atoms with Gasteiger partial charge in [0.25, 0.3) is 0 Å². The molecule has 0 aromatic carbocycles. The van der Waals surface area contributed by atoms with Crippen LogP contribution in [0.5, 0.6) is 0 Å². The molecule has 3 heterocycles. The van der Waals surface area contributed by atoms with Gasteiger partial charge in [-0.25, -0.2) is 0 Å². The smallest absolute Gasteiger partial charge is 0.162 e. The summed E-state index contributed by atoms with van der Waals surface area (Å²) in [5.74, 6) is -0.172. The Morgan fingerprint density at radius 1 is 1.13 bits per heavy atom. The number of ketones is 1. The zero-order chi connectivity index (χ0) is 32.2. The summed E-state index contributed by atoms with van der Waals surface area (Å²) in [6.45, 7) is 10.0. The number of aliphatic hydroxyl groups excluding tert-OH is 1. The topological polar surface area (TPSA) is 138 Å². The van der Waals surface area contributed by atoms with Crippen LogP contribution in [-0.2, 0) is 19.0 Å². The van der Waals surface area contributed by atoms with Crippen molar-refractivity contribution in [2.45, 2.75) is 120 Å². The molecule has 15 unspecified atom stereocenters. The fourth-order valence-electron chi connectivity index (χ4n) is 11.8. The zero-order valence-electron chi connectivity index (χ0n) is 27.7. The number of hydrogen-bond donors (Lipinski definition) is 5. The van der Waals surface area contributed by atoms with Gasteiger partial charge in [-0.15, -0.1) is 0 Å². The molecular weight excluding hydrogens is 574 g/mol. The van der Waals surface area contributed by atoms with Crippen molar-refractivity contribution in [2.24, 2.45) is 46.3 Å². The first kappa shape index (κ1) is 32.4. The number of carbonyl (C=O) groups is 1. The SMILES string of the molecule is COCCCOC1CCC2(C)C(C1)C(=O)C=C1C2CCC2(C)C(C(C)(O)C(O)C3OC4C(C5C=CC4(O)NC5)C3C)CCC12O. The van der Waals surface area contributed by atoms with Crippen LogP contribution in [0, 0.1) is 46.3 Å². The second-order valence-electron chi connectivity index (χ2n) is 16.5. The molecule has 9 heteroatoms. The Labute approximate surface area is 267 Å². The van der Waals surface area contributed by atoms with Gasteiger partial charge in [-0.1, -0.05) is 26.8 Å². The number of methoxy groups -OCH3 is 1. The summed E-state index contributed by atoms with van der Waals surface area (Å²) in [5, 5.41) is 51.3. The maximum Gasteiger partial charge on any atom is 0.162 e. The molecule has 0 aromatic heterocycles. The molecule has 9 nitrogen and oxygen atoms in total. The summed E-state index contributed by atoms with van der Waals surface area (Å²) in [6.07, 6.45) is 9.15. The van der Waals surface area contributed by atoms with Crippen molar-refractivity contribution in [1.82, 2.24) is 5.32 Å². The van der Waals surface area contributed by atoms with Crippen LogP contribution in [-0.4, -0.2) is 94.4 Å². The number of ether oxygens (including phenoxy) is 3. The van der Waals surface area contributed by atoms with E-state index in [4.69, 9.17) is 14.2 Å². The fourth-order valence-corrected chi connectivity index (χ4v) is 11.8. The predicted octanol–water partition coefficient (Wildman–Crippen LogP) is 2.89. The van der Waals surface area contributed by atoms with E-state index in [0.717, 1.165) is 31.3 Å². The molecule has 0 amide bonds. The van der Waals surface area contributed by atoms with Crippen LogP contribution in [0.3, 0.4) is 0 Å². The van der Waals surface area contributed by atoms with Gasteiger partial charge >= 0.3 is 0 Å². The molecule has 3 aliphatic heterocycles. The number of piperidine rings is 1. The molecule has 2 bridgehead atoms. The van der Waals surface area contributed by atoms with E-state index in [9.17, 15) is 25.2 Å². The Balaban J connectivity index is 1.11. The van der Waals surface area contributed by atoms with Crippen LogP contribution in [0.15, 0.2) is 23.8 Å². The highest BCUT2D eigenvalue weighted by Crippen LogP contribution is 2.69. The monoisotopic (exact) mass is 629 g/mol. The van der Waals surface area contributed by atoms with E-state index in [1.807, 2.05) is 6.08 Å². The van der Waals surface area contributed by atoms with Crippen molar-refractivity contribution >= 4 is 5.78 Å². The highest BCUT2D eigenvalue weighted by molar-refractivity contribution is 5.95. The lowest BCUT2D eigenvalue weighted by atomic mass is 9.46. The summed E-state index contributed by atoms with van der Waals surface area (Å²) in [4.78, 5) is 13.9. The minimum Gasteiger partial charge on any atom is -0.387 e. The van der Waals surface area contributed by atoms with E-state index >= 15 is 0 Å². The van der Waals surface area contributed by atoms with E-state index in [-0.39, 0.29) is 46.9 Å². The summed E-state index contributed by atoms with van der Waals surface area (Å²) in [5.41, 5.74) is -4.17. The van der Waals surface area contributed by atoms with Gasteiger partial charge in [-0.2, -0.15) is 0 Å². The maximum absolute atomic E-state index is 13.9. The molecular formula is C36H55NO8. The highest BCUT2D eigenvalue weighted by atomic mass is 16.5. The van der Waals surface area contributed by atoms with E-state index in [0.29, 0.717) is 45.4 Å². The zero-order valence-corrected chi connectivity index (χ0v) is 27.7. The molecule has 15 atom stereocenters. The molecule has 45 heavy (non-hydrogen) atoms. The molecule has 5 N–H and O–H groups in total. The second kappa shape index (κ2) is 10.9. The Morgan fingerprint density at radius 3 is 2.60 bits per heavy atom. The van der Waals surface area contributed by atoms with Crippen LogP contribution in [0.25, 0.3) is 0 Å². The van der Waals surface area contributed by atoms with Crippen molar-refractivity contribution in [3.05, 3.63) is 23.8 Å². The van der Waals surface area contributed by atoms with E-state index in [2.05, 4.69) is 26.1 Å². The lowest BCUT2D eigenvalue weighted by Gasteiger charge is -2.60. The van der Waals surface area contributed by atoms with Crippen LogP contribution in [0.4, 0.5) is 0 Å². The normalized spacial score (nSPS) is 52.0. The first-order valence-corrected chi connectivity index (χ1v) is 17.5. The van der Waals surface area contributed by atoms with Gasteiger partial charge in [0.2, 0.25) is 0 Å². The lowest BCUT2D eigenvalue weighted by Crippen LogP contribution is -2.65. The summed E-state index contributed by atoms with van der Waals surface area (Å²) >= 11 is 0. The van der Waals surface area contributed by atoms with Crippen molar-refractivity contribution in [2.75, 3.05) is 26.9 Å². The average molecular weight is 630 g/mol. The first-order valence-electron chi connectivity index (χ1n) is 17.5. The number of hydrogen-bond acceptors (Lipinski definition) is 9. The highest BCUT2D eigenvalue weighted by Gasteiger charge is 2.70. The predicted molar refractivity (Wildman–Crippen MR) is 167 cm³/mol. The number of carbonyl (C=O) groups excluding carboxylic acids is 1. The van der Waals surface area contributed by atoms with Crippen LogP contribution >= 0.6 is 0 Å². The molecule has 8 rings (SSSR count). The molecule has 3 saturated carbocycles. The lowest BCUT2D eigenvalue weighted by molar-refractivity contribution is -0.207. The Hall–Kier alpha value is -1.17. The first-order chi connectivity index (χ1) is 21.2. The molecule has 0 aromatic rings. The van der Waals surface area contributed by atoms with Gasteiger partial charge in [0.15, 0.2) is 11.5 Å². The summed E-state index contributed by atoms with van der Waals surface area (Å²) in [6, 6.07) is 0. The number of nitrogens with one attached hydrogen (secondary N) is 1. The van der Waals surface area contributed by atoms with Crippen LogP contribution in [0.2, 0.25) is 0 Å².